The van der Waals surface area contributed by atoms with Crippen LogP contribution in [0.3, 0.4) is 0 Å². The van der Waals surface area contributed by atoms with Gasteiger partial charge in [-0.1, -0.05) is 73.9 Å². The number of sulfonamides is 1. The predicted molar refractivity (Wildman–Crippen MR) is 341 cm³/mol. The number of carbonyl (C=O) groups is 6. The Hall–Kier alpha value is -8.91. The van der Waals surface area contributed by atoms with Crippen molar-refractivity contribution in [3.63, 3.8) is 0 Å². The van der Waals surface area contributed by atoms with E-state index in [9.17, 15) is 47.3 Å². The fourth-order valence-corrected chi connectivity index (χ4v) is 13.8. The third kappa shape index (κ3) is 14.4. The molecule has 2 aromatic heterocycles. The number of piperidine rings is 2. The smallest absolute Gasteiger partial charge is 0.293 e. The second-order valence-electron chi connectivity index (χ2n) is 24.6. The molecule has 2 atom stereocenters. The average molecular weight is 1260 g/mol. The van der Waals surface area contributed by atoms with Crippen LogP contribution in [0.1, 0.15) is 140 Å². The number of hydrogen-bond donors (Lipinski definition) is 4. The predicted octanol–water partition coefficient (Wildman–Crippen LogP) is 10.3. The summed E-state index contributed by atoms with van der Waals surface area (Å²) in [6, 6.07) is 23.9. The minimum absolute atomic E-state index is 0.0157. The molecule has 21 nitrogen and oxygen atoms in total. The lowest BCUT2D eigenvalue weighted by Crippen LogP contribution is -2.54. The molecular weight excluding hydrogens is 1190 g/mol. The van der Waals surface area contributed by atoms with E-state index in [0.717, 1.165) is 93.0 Å². The molecule has 468 valence electrons. The lowest BCUT2D eigenvalue weighted by molar-refractivity contribution is -0.384. The van der Waals surface area contributed by atoms with Gasteiger partial charge in [0.05, 0.1) is 32.7 Å². The number of nitrogens with one attached hydrogen (secondary N) is 4. The Morgan fingerprint density at radius 1 is 0.900 bits per heavy atom. The van der Waals surface area contributed by atoms with Crippen molar-refractivity contribution in [2.24, 2.45) is 11.3 Å². The molecule has 6 heterocycles. The first-order chi connectivity index (χ1) is 43.3. The summed E-state index contributed by atoms with van der Waals surface area (Å²) in [6.45, 7) is 9.77. The van der Waals surface area contributed by atoms with Gasteiger partial charge in [0.2, 0.25) is 17.7 Å². The minimum atomic E-state index is -4.68. The van der Waals surface area contributed by atoms with Crippen molar-refractivity contribution in [1.82, 2.24) is 34.7 Å². The number of imide groups is 2. The van der Waals surface area contributed by atoms with Crippen LogP contribution in [0.25, 0.3) is 16.6 Å². The third-order valence-electron chi connectivity index (χ3n) is 17.6. The van der Waals surface area contributed by atoms with E-state index < -0.39 is 61.1 Å². The molecule has 3 saturated heterocycles. The van der Waals surface area contributed by atoms with Crippen molar-refractivity contribution in [2.75, 3.05) is 62.6 Å². The van der Waals surface area contributed by atoms with Gasteiger partial charge in [0.25, 0.3) is 33.4 Å². The van der Waals surface area contributed by atoms with Crippen molar-refractivity contribution in [2.45, 2.75) is 108 Å². The van der Waals surface area contributed by atoms with Crippen molar-refractivity contribution in [1.29, 1.82) is 0 Å². The van der Waals surface area contributed by atoms with Crippen LogP contribution >= 0.6 is 11.6 Å². The summed E-state index contributed by atoms with van der Waals surface area (Å²) in [5.74, 6) is 3.18. The van der Waals surface area contributed by atoms with Gasteiger partial charge < -0.3 is 24.8 Å². The van der Waals surface area contributed by atoms with E-state index in [1.807, 2.05) is 23.1 Å². The van der Waals surface area contributed by atoms with Crippen LogP contribution in [0, 0.1) is 33.3 Å². The fourth-order valence-electron chi connectivity index (χ4n) is 12.7. The third-order valence-corrected chi connectivity index (χ3v) is 19.2. The Morgan fingerprint density at radius 3 is 2.49 bits per heavy atom. The van der Waals surface area contributed by atoms with Gasteiger partial charge in [-0.15, -0.1) is 0 Å². The van der Waals surface area contributed by atoms with Crippen LogP contribution in [-0.2, 0) is 24.4 Å². The van der Waals surface area contributed by atoms with E-state index in [1.54, 1.807) is 36.5 Å². The van der Waals surface area contributed by atoms with Gasteiger partial charge in [0, 0.05) is 112 Å². The summed E-state index contributed by atoms with van der Waals surface area (Å²) in [5.41, 5.74) is 5.87. The number of fused-ring (bicyclic) bond motifs is 2. The highest BCUT2D eigenvalue weighted by atomic mass is 35.5. The van der Waals surface area contributed by atoms with Gasteiger partial charge in [-0.05, 0) is 134 Å². The fraction of sp³-hybridized carbons (Fsp3) is 0.388. The number of benzene rings is 4. The first kappa shape index (κ1) is 62.7. The summed E-state index contributed by atoms with van der Waals surface area (Å²) < 4.78 is 36.5. The SMILES string of the molecule is CC1(C)CCC(CN2CCN(c3ccc(C(=O)NS(=O)(=O)c4ccc(NCC5CCCN(C(=O)CCCCCCC#Cc6cccc7c6C(=O)N(C6CCC(=O)NC6=O)C7=O)C5)c([N+](=O)[O-])c4)c(Oc4cnc5[nH]ccc5c4)c3)CC2)=C(c2ccc(Cl)cc2)C1. The Morgan fingerprint density at radius 2 is 1.70 bits per heavy atom. The van der Waals surface area contributed by atoms with Crippen LogP contribution in [0.4, 0.5) is 17.1 Å². The van der Waals surface area contributed by atoms with Gasteiger partial charge in [0.15, 0.2) is 0 Å². The molecule has 6 amide bonds. The van der Waals surface area contributed by atoms with Crippen LogP contribution in [0.5, 0.6) is 11.5 Å². The molecule has 90 heavy (non-hydrogen) atoms. The number of pyridine rings is 1. The zero-order chi connectivity index (χ0) is 63.3. The molecule has 3 fully saturated rings. The maximum Gasteiger partial charge on any atom is 0.293 e. The molecule has 1 aliphatic carbocycles. The number of H-pyrrole nitrogens is 1. The number of nitro groups is 1. The second kappa shape index (κ2) is 27.1. The quantitative estimate of drug-likeness (QED) is 0.0182. The highest BCUT2D eigenvalue weighted by Gasteiger charge is 2.45. The number of halogens is 1. The number of likely N-dealkylation sites (tertiary alicyclic amines) is 1. The van der Waals surface area contributed by atoms with E-state index in [-0.39, 0.29) is 64.8 Å². The molecule has 0 bridgehead atoms. The second-order valence-corrected chi connectivity index (χ2v) is 26.7. The number of unbranched alkanes of at least 4 members (excludes halogenated alkanes) is 4. The largest absolute Gasteiger partial charge is 0.455 e. The molecule has 6 aromatic rings. The lowest BCUT2D eigenvalue weighted by Gasteiger charge is -2.39. The minimum Gasteiger partial charge on any atom is -0.455 e. The first-order valence-electron chi connectivity index (χ1n) is 30.7. The molecular formula is C67H71ClN10O11S. The molecule has 4 N–H and O–H groups in total. The molecule has 2 unspecified atom stereocenters. The summed E-state index contributed by atoms with van der Waals surface area (Å²) in [5, 5.41) is 19.3. The van der Waals surface area contributed by atoms with Gasteiger partial charge in [-0.3, -0.25) is 54.0 Å². The van der Waals surface area contributed by atoms with Gasteiger partial charge in [-0.25, -0.2) is 18.1 Å². The topological polar surface area (TPSA) is 267 Å². The van der Waals surface area contributed by atoms with Crippen LogP contribution in [-0.4, -0.2) is 132 Å². The first-order valence-corrected chi connectivity index (χ1v) is 32.5. The molecule has 0 saturated carbocycles. The number of allylic oxidation sites excluding steroid dienone is 1. The number of rotatable bonds is 20. The number of nitro benzene ring substituents is 1. The van der Waals surface area contributed by atoms with E-state index in [0.29, 0.717) is 67.4 Å². The number of aromatic nitrogens is 2. The van der Waals surface area contributed by atoms with E-state index in [4.69, 9.17) is 16.3 Å². The molecule has 4 aliphatic heterocycles. The van der Waals surface area contributed by atoms with Crippen molar-refractivity contribution >= 4 is 90.7 Å². The van der Waals surface area contributed by atoms with Gasteiger partial charge in [0.1, 0.15) is 28.9 Å². The zero-order valence-corrected chi connectivity index (χ0v) is 51.9. The highest BCUT2D eigenvalue weighted by Crippen LogP contribution is 2.44. The Bertz CT molecular complexity index is 4030. The maximum absolute atomic E-state index is 14.2. The van der Waals surface area contributed by atoms with E-state index in [1.165, 1.54) is 47.2 Å². The number of hydrogen-bond acceptors (Lipinski definition) is 15. The number of nitrogens with zero attached hydrogens (tertiary/aromatic N) is 6. The number of aromatic amines is 1. The molecule has 4 aromatic carbocycles. The Kier molecular flexibility index (Phi) is 18.8. The Balaban J connectivity index is 0.672. The molecule has 23 heteroatoms. The van der Waals surface area contributed by atoms with Crippen LogP contribution in [0.2, 0.25) is 5.02 Å². The number of piperazine rings is 1. The molecule has 0 spiro atoms. The van der Waals surface area contributed by atoms with E-state index in [2.05, 4.69) is 72.9 Å². The molecule has 5 aliphatic rings. The summed E-state index contributed by atoms with van der Waals surface area (Å²) in [4.78, 5) is 105. The standard InChI is InChI=1S/C67H71ClN10O11S/c1-67(2)28-26-47(54(38-67)44-16-18-48(68)19-17-44)42-74-31-33-75(34-32-74)49-20-22-52(58(36-49)89-50-35-46-27-29-69-62(46)71-40-50)63(81)73-90(87,88)51-21-23-55(57(37-51)78(85)86)70-39-43-11-10-30-76(41-43)60(80)15-8-6-4-3-5-7-12-45-13-9-14-53-61(45)66(84)77(65(53)83)56-24-25-59(79)72-64(56)82/h9,13-14,16-23,27,29,35-37,40,43,56,70H,3-6,8,10-11,15,24-26,28,30-34,38-39,41-42H2,1-2H3,(H,69,71)(H,73,81)(H,72,79,82). The summed E-state index contributed by atoms with van der Waals surface area (Å²) >= 11 is 6.27. The van der Waals surface area contributed by atoms with Gasteiger partial charge in [-0.2, -0.15) is 0 Å². The number of carbonyl (C=O) groups excluding carboxylic acids is 6. The zero-order valence-electron chi connectivity index (χ0n) is 50.3. The van der Waals surface area contributed by atoms with Crippen LogP contribution < -0.4 is 25.0 Å². The van der Waals surface area contributed by atoms with Crippen LogP contribution in [0.15, 0.2) is 114 Å². The number of ether oxygens (including phenoxy) is 1. The lowest BCUT2D eigenvalue weighted by atomic mass is 9.72. The van der Waals surface area contributed by atoms with Crippen molar-refractivity contribution in [3.05, 3.63) is 152 Å². The van der Waals surface area contributed by atoms with Gasteiger partial charge >= 0.3 is 0 Å². The highest BCUT2D eigenvalue weighted by molar-refractivity contribution is 7.90. The normalized spacial score (nSPS) is 18.7. The molecule has 0 radical (unpaired) electrons. The monoisotopic (exact) mass is 1260 g/mol. The number of anilines is 2. The average Bonchev–Trinajstić information content (AvgIpc) is 1.65. The van der Waals surface area contributed by atoms with Crippen molar-refractivity contribution in [3.8, 4) is 23.3 Å². The van der Waals surface area contributed by atoms with E-state index >= 15 is 0 Å². The Labute approximate surface area is 527 Å². The van der Waals surface area contributed by atoms with Crippen molar-refractivity contribution < 1.29 is 46.8 Å². The summed E-state index contributed by atoms with van der Waals surface area (Å²) in [6.07, 6.45) is 11.9. The number of amides is 6. The maximum atomic E-state index is 14.2. The summed E-state index contributed by atoms with van der Waals surface area (Å²) in [7, 11) is -4.68. The molecule has 11 rings (SSSR count).